The van der Waals surface area contributed by atoms with Crippen LogP contribution in [0.5, 0.6) is 0 Å². The molecule has 1 aromatic heterocycles. The number of nitrogen functional groups attached to an aromatic ring is 1. The average Bonchev–Trinajstić information content (AvgIpc) is 2.80. The molecule has 0 aliphatic carbocycles. The fourth-order valence-corrected chi connectivity index (χ4v) is 1.87. The summed E-state index contributed by atoms with van der Waals surface area (Å²) in [5, 5.41) is 13.0. The summed E-state index contributed by atoms with van der Waals surface area (Å²) < 4.78 is 5.05. The molecule has 1 fully saturated rings. The number of piperidine rings is 1. The van der Waals surface area contributed by atoms with Crippen LogP contribution in [0.2, 0.25) is 0 Å². The number of hydrogen-bond donors (Lipinski definition) is 3. The fourth-order valence-electron chi connectivity index (χ4n) is 1.87. The van der Waals surface area contributed by atoms with Gasteiger partial charge in [0.2, 0.25) is 0 Å². The molecule has 2 rings (SSSR count). The number of nitrogens with one attached hydrogen (secondary N) is 1. The zero-order valence-electron chi connectivity index (χ0n) is 9.43. The first kappa shape index (κ1) is 12.0. The minimum atomic E-state index is -0.464. The highest BCUT2D eigenvalue weighted by Crippen LogP contribution is 2.14. The Morgan fingerprint density at radius 2 is 2.35 bits per heavy atom. The number of nitrogens with zero attached hydrogens (tertiary/aromatic N) is 2. The van der Waals surface area contributed by atoms with Gasteiger partial charge in [0.25, 0.3) is 5.91 Å². The van der Waals surface area contributed by atoms with Gasteiger partial charge in [-0.1, -0.05) is 5.16 Å². The standard InChI is InChI=1S/C10H16N4O3/c11-12-10(16)9-5-8(17-13-9)6-14-3-1-7(15)2-4-14/h5,7,15H,1-4,6,11H2,(H,12,16). The summed E-state index contributed by atoms with van der Waals surface area (Å²) in [7, 11) is 0. The number of rotatable bonds is 3. The molecule has 7 heteroatoms. The minimum absolute atomic E-state index is 0.180. The van der Waals surface area contributed by atoms with Crippen molar-refractivity contribution >= 4 is 5.91 Å². The third kappa shape index (κ3) is 3.02. The normalized spacial score (nSPS) is 18.2. The van der Waals surface area contributed by atoms with Crippen molar-refractivity contribution < 1.29 is 14.4 Å². The molecular formula is C10H16N4O3. The highest BCUT2D eigenvalue weighted by atomic mass is 16.5. The molecule has 7 nitrogen and oxygen atoms in total. The van der Waals surface area contributed by atoms with Gasteiger partial charge >= 0.3 is 0 Å². The quantitative estimate of drug-likeness (QED) is 0.364. The highest BCUT2D eigenvalue weighted by molar-refractivity contribution is 5.91. The smallest absolute Gasteiger partial charge is 0.287 e. The van der Waals surface area contributed by atoms with E-state index in [1.165, 1.54) is 0 Å². The average molecular weight is 240 g/mol. The molecular weight excluding hydrogens is 224 g/mol. The number of aliphatic hydroxyl groups excluding tert-OH is 1. The van der Waals surface area contributed by atoms with E-state index in [-0.39, 0.29) is 11.8 Å². The number of carbonyl (C=O) groups excluding carboxylic acids is 1. The molecule has 0 atom stereocenters. The lowest BCUT2D eigenvalue weighted by Crippen LogP contribution is -2.35. The molecule has 1 aromatic rings. The Morgan fingerprint density at radius 1 is 1.65 bits per heavy atom. The van der Waals surface area contributed by atoms with Crippen LogP contribution >= 0.6 is 0 Å². The maximum absolute atomic E-state index is 11.2. The Labute approximate surface area is 98.5 Å². The van der Waals surface area contributed by atoms with Crippen LogP contribution in [-0.2, 0) is 6.54 Å². The van der Waals surface area contributed by atoms with Gasteiger partial charge in [-0.15, -0.1) is 0 Å². The van der Waals surface area contributed by atoms with Crippen molar-refractivity contribution in [3.63, 3.8) is 0 Å². The van der Waals surface area contributed by atoms with Crippen molar-refractivity contribution in [3.8, 4) is 0 Å². The molecule has 1 saturated heterocycles. The lowest BCUT2D eigenvalue weighted by molar-refractivity contribution is 0.0748. The van der Waals surface area contributed by atoms with Crippen LogP contribution in [-0.4, -0.2) is 40.3 Å². The molecule has 17 heavy (non-hydrogen) atoms. The van der Waals surface area contributed by atoms with Crippen molar-refractivity contribution in [1.29, 1.82) is 0 Å². The monoisotopic (exact) mass is 240 g/mol. The maximum Gasteiger partial charge on any atom is 0.287 e. The van der Waals surface area contributed by atoms with E-state index in [1.807, 2.05) is 5.43 Å². The molecule has 94 valence electrons. The molecule has 1 aliphatic heterocycles. The summed E-state index contributed by atoms with van der Waals surface area (Å²) in [6.07, 6.45) is 1.34. The van der Waals surface area contributed by atoms with E-state index in [4.69, 9.17) is 10.4 Å². The van der Waals surface area contributed by atoms with Crippen LogP contribution in [0, 0.1) is 0 Å². The summed E-state index contributed by atoms with van der Waals surface area (Å²) in [5.74, 6) is 5.15. The van der Waals surface area contributed by atoms with Crippen LogP contribution < -0.4 is 11.3 Å². The van der Waals surface area contributed by atoms with E-state index in [0.29, 0.717) is 12.3 Å². The Hall–Kier alpha value is -1.44. The topological polar surface area (TPSA) is 105 Å². The van der Waals surface area contributed by atoms with Crippen molar-refractivity contribution in [1.82, 2.24) is 15.5 Å². The van der Waals surface area contributed by atoms with Gasteiger partial charge in [0.05, 0.1) is 12.6 Å². The fraction of sp³-hybridized carbons (Fsp3) is 0.600. The van der Waals surface area contributed by atoms with Gasteiger partial charge in [0.15, 0.2) is 11.5 Å². The Bertz CT molecular complexity index is 385. The maximum atomic E-state index is 11.2. The second-order valence-corrected chi connectivity index (χ2v) is 4.16. The SMILES string of the molecule is NNC(=O)c1cc(CN2CCC(O)CC2)on1. The lowest BCUT2D eigenvalue weighted by atomic mass is 10.1. The zero-order valence-corrected chi connectivity index (χ0v) is 9.43. The summed E-state index contributed by atoms with van der Waals surface area (Å²) in [5.41, 5.74) is 2.18. The largest absolute Gasteiger partial charge is 0.393 e. The van der Waals surface area contributed by atoms with Crippen LogP contribution in [0.1, 0.15) is 29.1 Å². The third-order valence-corrected chi connectivity index (χ3v) is 2.86. The predicted molar refractivity (Wildman–Crippen MR) is 58.7 cm³/mol. The second kappa shape index (κ2) is 5.26. The van der Waals surface area contributed by atoms with Gasteiger partial charge in [-0.2, -0.15) is 0 Å². The van der Waals surface area contributed by atoms with Crippen LogP contribution in [0.25, 0.3) is 0 Å². The first-order valence-electron chi connectivity index (χ1n) is 5.56. The Morgan fingerprint density at radius 3 is 3.00 bits per heavy atom. The molecule has 0 unspecified atom stereocenters. The number of nitrogens with two attached hydrogens (primary N) is 1. The molecule has 1 aliphatic rings. The molecule has 0 bridgehead atoms. The molecule has 0 spiro atoms. The van der Waals surface area contributed by atoms with Gasteiger partial charge in [0.1, 0.15) is 0 Å². The van der Waals surface area contributed by atoms with Crippen LogP contribution in [0.3, 0.4) is 0 Å². The molecule has 2 heterocycles. The first-order chi connectivity index (χ1) is 8.19. The number of likely N-dealkylation sites (tertiary alicyclic amines) is 1. The minimum Gasteiger partial charge on any atom is -0.393 e. The Balaban J connectivity index is 1.90. The van der Waals surface area contributed by atoms with E-state index >= 15 is 0 Å². The molecule has 4 N–H and O–H groups in total. The van der Waals surface area contributed by atoms with Gasteiger partial charge < -0.3 is 9.63 Å². The number of amides is 1. The molecule has 0 radical (unpaired) electrons. The summed E-state index contributed by atoms with van der Waals surface area (Å²) >= 11 is 0. The predicted octanol–water partition coefficient (Wildman–Crippen LogP) is -0.765. The van der Waals surface area contributed by atoms with Gasteiger partial charge in [-0.25, -0.2) is 5.84 Å². The second-order valence-electron chi connectivity index (χ2n) is 4.16. The summed E-state index contributed by atoms with van der Waals surface area (Å²) in [4.78, 5) is 13.3. The zero-order chi connectivity index (χ0) is 12.3. The summed E-state index contributed by atoms with van der Waals surface area (Å²) in [6, 6.07) is 1.58. The molecule has 1 amide bonds. The summed E-state index contributed by atoms with van der Waals surface area (Å²) in [6.45, 7) is 2.23. The van der Waals surface area contributed by atoms with E-state index in [9.17, 15) is 9.90 Å². The van der Waals surface area contributed by atoms with E-state index < -0.39 is 5.91 Å². The highest BCUT2D eigenvalue weighted by Gasteiger charge is 2.19. The van der Waals surface area contributed by atoms with Gasteiger partial charge in [-0.05, 0) is 12.8 Å². The number of aromatic nitrogens is 1. The number of hydrogen-bond acceptors (Lipinski definition) is 6. The van der Waals surface area contributed by atoms with Gasteiger partial charge in [0, 0.05) is 19.2 Å². The lowest BCUT2D eigenvalue weighted by Gasteiger charge is -2.28. The van der Waals surface area contributed by atoms with Crippen molar-refractivity contribution in [3.05, 3.63) is 17.5 Å². The van der Waals surface area contributed by atoms with Crippen molar-refractivity contribution in [2.45, 2.75) is 25.5 Å². The molecule has 0 saturated carbocycles. The van der Waals surface area contributed by atoms with E-state index in [1.54, 1.807) is 6.07 Å². The van der Waals surface area contributed by atoms with Crippen LogP contribution in [0.15, 0.2) is 10.6 Å². The van der Waals surface area contributed by atoms with E-state index in [0.717, 1.165) is 25.9 Å². The first-order valence-corrected chi connectivity index (χ1v) is 5.56. The number of aliphatic hydroxyl groups is 1. The molecule has 0 aromatic carbocycles. The third-order valence-electron chi connectivity index (χ3n) is 2.86. The number of hydrazine groups is 1. The van der Waals surface area contributed by atoms with Crippen molar-refractivity contribution in [2.24, 2.45) is 5.84 Å². The van der Waals surface area contributed by atoms with Gasteiger partial charge in [-0.3, -0.25) is 15.1 Å². The Kier molecular flexibility index (Phi) is 3.72. The van der Waals surface area contributed by atoms with Crippen LogP contribution in [0.4, 0.5) is 0 Å². The van der Waals surface area contributed by atoms with E-state index in [2.05, 4.69) is 10.1 Å². The van der Waals surface area contributed by atoms with Crippen molar-refractivity contribution in [2.75, 3.05) is 13.1 Å². The number of carbonyl (C=O) groups is 1.